The minimum Gasteiger partial charge on any atom is -0.497 e. The van der Waals surface area contributed by atoms with Gasteiger partial charge in [-0.25, -0.2) is 8.78 Å². The molecule has 4 aromatic carbocycles. The van der Waals surface area contributed by atoms with Gasteiger partial charge in [-0.3, -0.25) is 34.7 Å². The van der Waals surface area contributed by atoms with E-state index in [0.717, 1.165) is 54.1 Å². The Bertz CT molecular complexity index is 2060. The van der Waals surface area contributed by atoms with Gasteiger partial charge in [0.05, 0.1) is 56.5 Å². The van der Waals surface area contributed by atoms with Crippen molar-refractivity contribution in [3.8, 4) is 17.2 Å². The molecule has 0 radical (unpaired) electrons. The molecule has 300 valence electrons. The number of aromatic nitrogens is 3. The van der Waals surface area contributed by atoms with Gasteiger partial charge in [-0.2, -0.15) is 13.8 Å². The number of nitrogens with zero attached hydrogens (tertiary/aromatic N) is 6. The van der Waals surface area contributed by atoms with Gasteiger partial charge in [-0.15, -0.1) is 5.10 Å². The molecule has 56 heavy (non-hydrogen) atoms. The Labute approximate surface area is 316 Å². The van der Waals surface area contributed by atoms with E-state index in [0.29, 0.717) is 0 Å². The topological polar surface area (TPSA) is 201 Å². The third-order valence-electron chi connectivity index (χ3n) is 7.12. The quantitative estimate of drug-likeness (QED) is 0.0588. The van der Waals surface area contributed by atoms with Crippen molar-refractivity contribution in [2.75, 3.05) is 35.5 Å². The number of ether oxygens (including phenoxy) is 3. The highest BCUT2D eigenvalue weighted by Crippen LogP contribution is 2.29. The van der Waals surface area contributed by atoms with Gasteiger partial charge in [-0.05, 0) is 43.3 Å². The molecule has 1 aliphatic heterocycles. The summed E-state index contributed by atoms with van der Waals surface area (Å²) in [6, 6.07) is 18.7. The fraction of sp³-hybridized carbons (Fsp3) is 0.257. The van der Waals surface area contributed by atoms with Crippen molar-refractivity contribution in [3.05, 3.63) is 121 Å². The maximum absolute atomic E-state index is 12.8. The first kappa shape index (κ1) is 45.3. The first-order valence-corrected chi connectivity index (χ1v) is 15.7. The highest BCUT2D eigenvalue weighted by Gasteiger charge is 2.29. The molecule has 0 saturated carbocycles. The fourth-order valence-electron chi connectivity index (χ4n) is 4.21. The van der Waals surface area contributed by atoms with E-state index in [2.05, 4.69) is 31.5 Å². The number of hydroxylamine groups is 2. The van der Waals surface area contributed by atoms with Crippen molar-refractivity contribution in [2.45, 2.75) is 26.7 Å². The standard InChI is InChI=1S/C8H6F4O.C8H10O.C7H7N3O.C7H6N2O5.C5H7NO3/c1-3-4(9)6(11)8(13-2)7(12)5(3)10;1-7-3-5-8(9-2)6-4-7;1-11-10-7-5-3-2-4-6(7)8-9-10;1-14-7-3-5(8(10)11)2-6(4-7)9(12)13;1-9-6-4(7)2-3-5(6)8/h1-2H3;3-6H,1-2H3;2-5H,1H3;2-4H,1H3;2-3H2,1H3. The van der Waals surface area contributed by atoms with Gasteiger partial charge in [0.1, 0.15) is 29.6 Å². The van der Waals surface area contributed by atoms with Crippen LogP contribution in [-0.2, 0) is 14.4 Å². The highest BCUT2D eigenvalue weighted by molar-refractivity contribution is 6.00. The minimum atomic E-state index is -1.51. The van der Waals surface area contributed by atoms with Gasteiger partial charge in [0.2, 0.25) is 11.6 Å². The van der Waals surface area contributed by atoms with Gasteiger partial charge < -0.3 is 19.0 Å². The van der Waals surface area contributed by atoms with E-state index in [-0.39, 0.29) is 41.8 Å². The van der Waals surface area contributed by atoms with Crippen LogP contribution in [0.3, 0.4) is 0 Å². The number of carbonyl (C=O) groups excluding carboxylic acids is 2. The van der Waals surface area contributed by atoms with Crippen LogP contribution in [0, 0.1) is 57.3 Å². The second-order valence-electron chi connectivity index (χ2n) is 10.7. The number of nitro groups is 2. The van der Waals surface area contributed by atoms with E-state index in [4.69, 9.17) is 9.57 Å². The van der Waals surface area contributed by atoms with Crippen LogP contribution in [-0.4, -0.2) is 77.4 Å². The highest BCUT2D eigenvalue weighted by atomic mass is 19.2. The van der Waals surface area contributed by atoms with Crippen LogP contribution < -0.4 is 19.0 Å². The number of non-ortho nitro benzene ring substituents is 2. The molecule has 1 fully saturated rings. The molecule has 0 bridgehead atoms. The van der Waals surface area contributed by atoms with Crippen LogP contribution >= 0.6 is 0 Å². The molecule has 6 rings (SSSR count). The summed E-state index contributed by atoms with van der Waals surface area (Å²) in [4.78, 5) is 51.3. The van der Waals surface area contributed by atoms with Crippen LogP contribution in [0.1, 0.15) is 24.0 Å². The van der Waals surface area contributed by atoms with Crippen LogP contribution in [0.5, 0.6) is 17.2 Å². The number of hydrogen-bond acceptors (Lipinski definition) is 13. The van der Waals surface area contributed by atoms with Crippen LogP contribution in [0.25, 0.3) is 11.0 Å². The van der Waals surface area contributed by atoms with Crippen LogP contribution in [0.4, 0.5) is 28.9 Å². The molecule has 0 N–H and O–H groups in total. The molecule has 2 amide bonds. The molecule has 2 heterocycles. The monoisotopic (exact) mass is 792 g/mol. The molecule has 0 aliphatic carbocycles. The summed E-state index contributed by atoms with van der Waals surface area (Å²) in [6.45, 7) is 3.00. The van der Waals surface area contributed by atoms with Gasteiger partial charge >= 0.3 is 0 Å². The Morgan fingerprint density at radius 3 is 1.57 bits per heavy atom. The summed E-state index contributed by atoms with van der Waals surface area (Å²) in [7, 11) is 6.74. The average molecular weight is 793 g/mol. The number of halogens is 4. The summed E-state index contributed by atoms with van der Waals surface area (Å²) in [6.07, 6.45) is 0.569. The zero-order valence-electron chi connectivity index (χ0n) is 31.0. The maximum atomic E-state index is 12.8. The largest absolute Gasteiger partial charge is 0.497 e. The van der Waals surface area contributed by atoms with Crippen molar-refractivity contribution in [2.24, 2.45) is 0 Å². The van der Waals surface area contributed by atoms with Crippen LogP contribution in [0.15, 0.2) is 66.7 Å². The Hall–Kier alpha value is -6.90. The van der Waals surface area contributed by atoms with Crippen molar-refractivity contribution < 1.29 is 60.9 Å². The number of carbonyl (C=O) groups is 2. The van der Waals surface area contributed by atoms with Crippen molar-refractivity contribution in [3.63, 3.8) is 0 Å². The number of fused-ring (bicyclic) bond motifs is 1. The molecule has 1 saturated heterocycles. The number of benzene rings is 4. The Morgan fingerprint density at radius 1 is 0.661 bits per heavy atom. The van der Waals surface area contributed by atoms with Crippen molar-refractivity contribution in [1.82, 2.24) is 20.2 Å². The van der Waals surface area contributed by atoms with E-state index in [1.54, 1.807) is 14.2 Å². The van der Waals surface area contributed by atoms with E-state index in [1.807, 2.05) is 48.5 Å². The third kappa shape index (κ3) is 12.3. The summed E-state index contributed by atoms with van der Waals surface area (Å²) >= 11 is 0. The van der Waals surface area contributed by atoms with Crippen molar-refractivity contribution in [1.29, 1.82) is 0 Å². The molecule has 1 aliphatic rings. The predicted octanol–water partition coefficient (Wildman–Crippen LogP) is 6.26. The number of aryl methyl sites for hydroxylation is 1. The SMILES string of the molecule is CON1C(=O)CCC1=O.COc1c(F)c(F)c(C)c(F)c1F.COc1cc([N+](=O)[O-])cc([N+](=O)[O-])c1.COc1ccc(C)cc1.COn1nnc2ccccc21. The lowest BCUT2D eigenvalue weighted by Crippen LogP contribution is -2.27. The zero-order chi connectivity index (χ0) is 42.1. The van der Waals surface area contributed by atoms with Gasteiger partial charge in [-0.1, -0.05) is 34.7 Å². The lowest BCUT2D eigenvalue weighted by molar-refractivity contribution is -0.394. The lowest BCUT2D eigenvalue weighted by atomic mass is 10.2. The number of nitro benzene ring substituents is 2. The van der Waals surface area contributed by atoms with Crippen LogP contribution in [0.2, 0.25) is 0 Å². The molecule has 0 spiro atoms. The summed E-state index contributed by atoms with van der Waals surface area (Å²) in [5.41, 5.74) is 1.56. The number of hydrogen-bond donors (Lipinski definition) is 0. The number of para-hydroxylation sites is 1. The van der Waals surface area contributed by atoms with E-state index < -0.39 is 44.4 Å². The van der Waals surface area contributed by atoms with E-state index in [1.165, 1.54) is 24.6 Å². The summed E-state index contributed by atoms with van der Waals surface area (Å²) < 4.78 is 64.9. The number of amides is 2. The molecule has 0 unspecified atom stereocenters. The number of rotatable bonds is 7. The van der Waals surface area contributed by atoms with E-state index in [9.17, 15) is 47.4 Å². The number of imide groups is 1. The predicted molar refractivity (Wildman–Crippen MR) is 190 cm³/mol. The van der Waals surface area contributed by atoms with Gasteiger partial charge in [0.25, 0.3) is 23.2 Å². The summed E-state index contributed by atoms with van der Waals surface area (Å²) in [5.74, 6) is -6.43. The molecule has 21 heteroatoms. The maximum Gasteiger partial charge on any atom is 0.280 e. The Kier molecular flexibility index (Phi) is 17.5. The molecule has 17 nitrogen and oxygen atoms in total. The first-order chi connectivity index (χ1) is 26.5. The smallest absolute Gasteiger partial charge is 0.280 e. The molecular formula is C35H36F4N6O11. The molecule has 0 atom stereocenters. The molecule has 5 aromatic rings. The fourth-order valence-corrected chi connectivity index (χ4v) is 4.21. The van der Waals surface area contributed by atoms with Gasteiger partial charge in [0.15, 0.2) is 17.4 Å². The second kappa shape index (κ2) is 21.7. The lowest BCUT2D eigenvalue weighted by Gasteiger charge is -2.07. The Balaban J connectivity index is 0.000000244. The zero-order valence-corrected chi connectivity index (χ0v) is 31.0. The van der Waals surface area contributed by atoms with Crippen molar-refractivity contribution >= 4 is 34.2 Å². The second-order valence-corrected chi connectivity index (χ2v) is 10.7. The summed E-state index contributed by atoms with van der Waals surface area (Å²) in [5, 5.41) is 29.2. The molecule has 1 aromatic heterocycles. The Morgan fingerprint density at radius 2 is 1.16 bits per heavy atom. The minimum absolute atomic E-state index is 0.0888. The normalized spacial score (nSPS) is 11.4. The van der Waals surface area contributed by atoms with Gasteiger partial charge in [0, 0.05) is 18.4 Å². The van der Waals surface area contributed by atoms with E-state index >= 15 is 0 Å². The first-order valence-electron chi connectivity index (χ1n) is 15.7. The average Bonchev–Trinajstić information content (AvgIpc) is 3.78. The third-order valence-corrected chi connectivity index (χ3v) is 7.12. The number of methoxy groups -OCH3 is 3. The molecular weight excluding hydrogens is 756 g/mol.